The van der Waals surface area contributed by atoms with Crippen molar-refractivity contribution in [3.05, 3.63) is 12.2 Å². The molecule has 1 aliphatic heterocycles. The molecule has 0 radical (unpaired) electrons. The molecular weight excluding hydrogens is 356 g/mol. The zero-order chi connectivity index (χ0) is 21.0. The summed E-state index contributed by atoms with van der Waals surface area (Å²) < 4.78 is 18.2. The van der Waals surface area contributed by atoms with Crippen LogP contribution in [0.4, 0.5) is 0 Å². The second-order valence-electron chi connectivity index (χ2n) is 9.76. The van der Waals surface area contributed by atoms with Crippen LogP contribution in [0, 0.1) is 17.8 Å². The monoisotopic (exact) mass is 398 g/mol. The maximum Gasteiger partial charge on any atom is 0.312 e. The van der Waals surface area contributed by atoms with Crippen LogP contribution in [-0.4, -0.2) is 39.7 Å². The molecule has 1 heterocycles. The zero-order valence-corrected chi connectivity index (χ0v) is 20.2. The van der Waals surface area contributed by atoms with Crippen molar-refractivity contribution in [2.45, 2.75) is 97.8 Å². The van der Waals surface area contributed by atoms with Crippen molar-refractivity contribution in [2.75, 3.05) is 7.11 Å². The van der Waals surface area contributed by atoms with Crippen LogP contribution in [0.5, 0.6) is 0 Å². The fourth-order valence-electron chi connectivity index (χ4n) is 3.51. The van der Waals surface area contributed by atoms with E-state index >= 15 is 0 Å². The number of hydrogen-bond acceptors (Lipinski definition) is 4. The first-order chi connectivity index (χ1) is 12.4. The summed E-state index contributed by atoms with van der Waals surface area (Å²) in [5, 5.41) is 0.131. The standard InChI is InChI=1S/C22H42O4Si/c1-11-12-13-15(2)20(24-8)16(3)19(14-18-17(4)21(23)25-18)26-27(9,10)22(5,6)7/h11-12,15-20H,13-14H2,1-10H3/b12-11+/t15-,16-,17-,18+,19+,20+/m0/s1. The summed E-state index contributed by atoms with van der Waals surface area (Å²) >= 11 is 0. The lowest BCUT2D eigenvalue weighted by molar-refractivity contribution is -0.186. The number of allylic oxidation sites excluding steroid dienone is 2. The molecule has 1 aliphatic rings. The molecule has 0 aromatic carbocycles. The minimum Gasteiger partial charge on any atom is -0.461 e. The van der Waals surface area contributed by atoms with Crippen LogP contribution in [0.3, 0.4) is 0 Å². The van der Waals surface area contributed by atoms with Crippen LogP contribution in [0.2, 0.25) is 18.1 Å². The van der Waals surface area contributed by atoms with Crippen LogP contribution in [0.1, 0.15) is 61.3 Å². The van der Waals surface area contributed by atoms with Gasteiger partial charge < -0.3 is 13.9 Å². The van der Waals surface area contributed by atoms with Crippen molar-refractivity contribution in [3.8, 4) is 0 Å². The Bertz CT molecular complexity index is 509. The van der Waals surface area contributed by atoms with E-state index < -0.39 is 8.32 Å². The Morgan fingerprint density at radius 1 is 1.26 bits per heavy atom. The van der Waals surface area contributed by atoms with Gasteiger partial charge in [0.2, 0.25) is 0 Å². The van der Waals surface area contributed by atoms with Gasteiger partial charge in [0.1, 0.15) is 6.10 Å². The Kier molecular flexibility index (Phi) is 8.76. The maximum absolute atomic E-state index is 11.6. The molecule has 6 atom stereocenters. The Labute approximate surface area is 168 Å². The number of carbonyl (C=O) groups excluding carboxylic acids is 1. The SMILES string of the molecule is C/C=C/C[C@H](C)[C@@H](OC)[C@@H](C)[C@@H](C[C@H]1OC(=O)[C@H]1C)O[Si](C)(C)C(C)(C)C. The van der Waals surface area contributed by atoms with Gasteiger partial charge in [-0.25, -0.2) is 0 Å². The first kappa shape index (κ1) is 24.4. The molecular formula is C22H42O4Si. The summed E-state index contributed by atoms with van der Waals surface area (Å²) in [6.07, 6.45) is 6.10. The number of cyclic esters (lactones) is 1. The van der Waals surface area contributed by atoms with Gasteiger partial charge in [-0.3, -0.25) is 4.79 Å². The van der Waals surface area contributed by atoms with Gasteiger partial charge >= 0.3 is 5.97 Å². The van der Waals surface area contributed by atoms with Gasteiger partial charge in [0.15, 0.2) is 8.32 Å². The third-order valence-corrected chi connectivity index (χ3v) is 11.1. The molecule has 0 bridgehead atoms. The average Bonchev–Trinajstić information content (AvgIpc) is 2.57. The number of carbonyl (C=O) groups is 1. The molecule has 0 amide bonds. The Morgan fingerprint density at radius 3 is 2.26 bits per heavy atom. The highest BCUT2D eigenvalue weighted by atomic mass is 28.4. The molecule has 1 rings (SSSR count). The van der Waals surface area contributed by atoms with Crippen molar-refractivity contribution < 1.29 is 18.7 Å². The highest BCUT2D eigenvalue weighted by Crippen LogP contribution is 2.41. The van der Waals surface area contributed by atoms with Crippen molar-refractivity contribution in [3.63, 3.8) is 0 Å². The molecule has 0 N–H and O–H groups in total. The number of methoxy groups -OCH3 is 1. The molecule has 5 heteroatoms. The molecule has 0 aliphatic carbocycles. The van der Waals surface area contributed by atoms with Gasteiger partial charge in [0, 0.05) is 19.4 Å². The Morgan fingerprint density at radius 2 is 1.85 bits per heavy atom. The minimum absolute atomic E-state index is 0.0180. The fraction of sp³-hybridized carbons (Fsp3) is 0.864. The predicted octanol–water partition coefficient (Wildman–Crippen LogP) is 5.58. The first-order valence-corrected chi connectivity index (χ1v) is 13.3. The van der Waals surface area contributed by atoms with Crippen molar-refractivity contribution in [2.24, 2.45) is 17.8 Å². The number of rotatable bonds is 10. The highest BCUT2D eigenvalue weighted by Gasteiger charge is 2.46. The molecule has 4 nitrogen and oxygen atoms in total. The van der Waals surface area contributed by atoms with E-state index in [-0.39, 0.29) is 41.2 Å². The van der Waals surface area contributed by atoms with Crippen LogP contribution in [-0.2, 0) is 18.7 Å². The van der Waals surface area contributed by atoms with Gasteiger partial charge in [-0.15, -0.1) is 0 Å². The molecule has 1 fully saturated rings. The Hall–Kier alpha value is -0.653. The highest BCUT2D eigenvalue weighted by molar-refractivity contribution is 6.74. The normalized spacial score (nSPS) is 25.6. The lowest BCUT2D eigenvalue weighted by atomic mass is 9.83. The molecule has 0 unspecified atom stereocenters. The third kappa shape index (κ3) is 6.16. The van der Waals surface area contributed by atoms with E-state index in [0.29, 0.717) is 5.92 Å². The minimum atomic E-state index is -1.95. The Balaban J connectivity index is 3.01. The van der Waals surface area contributed by atoms with E-state index in [1.165, 1.54) is 0 Å². The average molecular weight is 399 g/mol. The molecule has 0 spiro atoms. The lowest BCUT2D eigenvalue weighted by Crippen LogP contribution is -2.52. The van der Waals surface area contributed by atoms with Gasteiger partial charge in [-0.1, -0.05) is 46.8 Å². The first-order valence-electron chi connectivity index (χ1n) is 10.4. The predicted molar refractivity (Wildman–Crippen MR) is 114 cm³/mol. The second kappa shape index (κ2) is 9.70. The molecule has 158 valence electrons. The van der Waals surface area contributed by atoms with Crippen molar-refractivity contribution in [1.82, 2.24) is 0 Å². The molecule has 27 heavy (non-hydrogen) atoms. The van der Waals surface area contributed by atoms with Gasteiger partial charge in [-0.05, 0) is 44.3 Å². The summed E-state index contributed by atoms with van der Waals surface area (Å²) in [7, 11) is -0.160. The van der Waals surface area contributed by atoms with Crippen molar-refractivity contribution in [1.29, 1.82) is 0 Å². The number of esters is 1. The summed E-state index contributed by atoms with van der Waals surface area (Å²) in [5.74, 6) is 0.483. The van der Waals surface area contributed by atoms with Crippen LogP contribution < -0.4 is 0 Å². The number of hydrogen-bond donors (Lipinski definition) is 0. The molecule has 0 aromatic rings. The number of ether oxygens (including phenoxy) is 2. The van der Waals surface area contributed by atoms with Gasteiger partial charge in [0.25, 0.3) is 0 Å². The van der Waals surface area contributed by atoms with E-state index in [4.69, 9.17) is 13.9 Å². The van der Waals surface area contributed by atoms with Gasteiger partial charge in [0.05, 0.1) is 18.1 Å². The molecule has 0 aromatic heterocycles. The molecule has 1 saturated heterocycles. The maximum atomic E-state index is 11.6. The lowest BCUT2D eigenvalue weighted by Gasteiger charge is -2.45. The summed E-state index contributed by atoms with van der Waals surface area (Å²) in [5.41, 5.74) is 0. The third-order valence-electron chi connectivity index (χ3n) is 6.60. The summed E-state index contributed by atoms with van der Waals surface area (Å²) in [4.78, 5) is 11.6. The topological polar surface area (TPSA) is 44.8 Å². The second-order valence-corrected chi connectivity index (χ2v) is 14.5. The van der Waals surface area contributed by atoms with Crippen LogP contribution in [0.15, 0.2) is 12.2 Å². The van der Waals surface area contributed by atoms with Gasteiger partial charge in [-0.2, -0.15) is 0 Å². The van der Waals surface area contributed by atoms with E-state index in [1.54, 1.807) is 7.11 Å². The van der Waals surface area contributed by atoms with E-state index in [9.17, 15) is 4.79 Å². The fourth-order valence-corrected chi connectivity index (χ4v) is 4.93. The van der Waals surface area contributed by atoms with Crippen molar-refractivity contribution >= 4 is 14.3 Å². The van der Waals surface area contributed by atoms with E-state index in [1.807, 2.05) is 13.8 Å². The van der Waals surface area contributed by atoms with E-state index in [2.05, 4.69) is 59.9 Å². The summed E-state index contributed by atoms with van der Waals surface area (Å²) in [6, 6.07) is 0. The van der Waals surface area contributed by atoms with Crippen LogP contribution >= 0.6 is 0 Å². The quantitative estimate of drug-likeness (QED) is 0.274. The molecule has 0 saturated carbocycles. The zero-order valence-electron chi connectivity index (χ0n) is 19.2. The van der Waals surface area contributed by atoms with E-state index in [0.717, 1.165) is 12.8 Å². The largest absolute Gasteiger partial charge is 0.461 e. The van der Waals surface area contributed by atoms with Crippen LogP contribution in [0.25, 0.3) is 0 Å². The summed E-state index contributed by atoms with van der Waals surface area (Å²) in [6.45, 7) is 19.8. The smallest absolute Gasteiger partial charge is 0.312 e.